The minimum Gasteiger partial charge on any atom is -0.748 e. The summed E-state index contributed by atoms with van der Waals surface area (Å²) in [6.07, 6.45) is 13.6. The smallest absolute Gasteiger partial charge is 0.294 e. The summed E-state index contributed by atoms with van der Waals surface area (Å²) >= 11 is 0. The molecule has 0 unspecified atom stereocenters. The van der Waals surface area contributed by atoms with E-state index in [2.05, 4.69) is 20.6 Å². The number of allylic oxidation sites excluding steroid dienone is 7. The van der Waals surface area contributed by atoms with Crippen molar-refractivity contribution in [3.05, 3.63) is 137 Å². The van der Waals surface area contributed by atoms with E-state index in [-0.39, 0.29) is 72.8 Å². The highest BCUT2D eigenvalue weighted by Crippen LogP contribution is 2.49. The van der Waals surface area contributed by atoms with Crippen LogP contribution in [0.2, 0.25) is 0 Å². The number of benzene rings is 3. The van der Waals surface area contributed by atoms with Crippen LogP contribution in [0.5, 0.6) is 11.6 Å². The fourth-order valence-corrected chi connectivity index (χ4v) is 12.2. The van der Waals surface area contributed by atoms with Gasteiger partial charge in [-0.25, -0.2) is 13.4 Å². The number of amides is 2. The van der Waals surface area contributed by atoms with Gasteiger partial charge in [-0.1, -0.05) is 19.9 Å². The Hall–Kier alpha value is -7.22. The second kappa shape index (κ2) is 23.5. The van der Waals surface area contributed by atoms with Crippen LogP contribution in [0.1, 0.15) is 89.5 Å². The quantitative estimate of drug-likeness (QED) is 0.0270. The Labute approximate surface area is 465 Å². The Morgan fingerprint density at radius 3 is 2.12 bits per heavy atom. The molecule has 24 heteroatoms. The fourth-order valence-electron chi connectivity index (χ4n) is 10.6. The zero-order valence-corrected chi connectivity index (χ0v) is 47.7. The number of hydrogen-bond donors (Lipinski definition) is 5. The monoisotopic (exact) mass is 1160 g/mol. The topological polar surface area (TPSA) is 299 Å². The summed E-state index contributed by atoms with van der Waals surface area (Å²) in [5.74, 6) is 0.0786. The molecule has 0 radical (unpaired) electrons. The van der Waals surface area contributed by atoms with Crippen molar-refractivity contribution in [3.8, 4) is 22.9 Å². The first-order chi connectivity index (χ1) is 37.7. The number of aryl methyl sites for hydroxylation is 1. The van der Waals surface area contributed by atoms with Gasteiger partial charge in [0, 0.05) is 97.3 Å². The largest absolute Gasteiger partial charge is 0.748 e. The molecule has 80 heavy (non-hydrogen) atoms. The number of carbonyl (C=O) groups is 2. The van der Waals surface area contributed by atoms with E-state index in [9.17, 15) is 53.6 Å². The highest BCUT2D eigenvalue weighted by molar-refractivity contribution is 7.86. The van der Waals surface area contributed by atoms with Crippen LogP contribution in [-0.2, 0) is 61.9 Å². The first kappa shape index (κ1) is 58.9. The molecule has 0 saturated heterocycles. The SMILES string of the molecule is COC1=C(/C=C/C2=[N+](CCCCS(=O)(=O)[O-])c3ccc(S(=O)(=O)O)cc3C2(C)C)CCC/C1=C\C=C1\N(CCC(=O)NCCNC(=O)CCc2nc3cnc(-c4ccc(OC)cc4)cn3c2O)c2ccc(S(=O)(=O)O)cc2C1(C)C. The first-order valence-corrected chi connectivity index (χ1v) is 30.4. The van der Waals surface area contributed by atoms with Crippen molar-refractivity contribution in [1.82, 2.24) is 25.0 Å². The highest BCUT2D eigenvalue weighted by atomic mass is 32.2. The summed E-state index contributed by atoms with van der Waals surface area (Å²) < 4.78 is 118. The molecular weight excluding hydrogens is 1090 g/mol. The number of nitrogens with one attached hydrogen (secondary N) is 2. The van der Waals surface area contributed by atoms with E-state index in [4.69, 9.17) is 9.47 Å². The molecule has 2 amide bonds. The van der Waals surface area contributed by atoms with Crippen molar-refractivity contribution >= 4 is 64.9 Å². The third-order valence-electron chi connectivity index (χ3n) is 14.8. The summed E-state index contributed by atoms with van der Waals surface area (Å²) in [5.41, 5.74) is 6.35. The Bertz CT molecular complexity index is 3770. The van der Waals surface area contributed by atoms with Gasteiger partial charge in [0.05, 0.1) is 51.4 Å². The van der Waals surface area contributed by atoms with Crippen molar-refractivity contribution in [2.75, 3.05) is 51.1 Å². The predicted molar refractivity (Wildman–Crippen MR) is 298 cm³/mol. The van der Waals surface area contributed by atoms with Crippen molar-refractivity contribution in [1.29, 1.82) is 0 Å². The number of methoxy groups -OCH3 is 2. The Kier molecular flexibility index (Phi) is 17.3. The number of rotatable bonds is 22. The van der Waals surface area contributed by atoms with Gasteiger partial charge in [-0.3, -0.25) is 28.1 Å². The average molecular weight is 1160 g/mol. The van der Waals surface area contributed by atoms with Crippen LogP contribution in [-0.4, -0.2) is 127 Å². The van der Waals surface area contributed by atoms with Gasteiger partial charge in [0.2, 0.25) is 23.4 Å². The molecule has 0 saturated carbocycles. The molecule has 5 N–H and O–H groups in total. The number of aromatic nitrogens is 3. The maximum Gasteiger partial charge on any atom is 0.294 e. The summed E-state index contributed by atoms with van der Waals surface area (Å²) in [6.45, 7) is 8.45. The fraction of sp³-hybridized carbons (Fsp3) is 0.375. The second-order valence-corrected chi connectivity index (χ2v) is 25.1. The van der Waals surface area contributed by atoms with Crippen LogP contribution in [0.4, 0.5) is 11.4 Å². The van der Waals surface area contributed by atoms with E-state index in [1.807, 2.05) is 85.7 Å². The van der Waals surface area contributed by atoms with Gasteiger partial charge in [0.1, 0.15) is 23.7 Å². The van der Waals surface area contributed by atoms with Crippen molar-refractivity contribution in [2.45, 2.75) is 99.7 Å². The lowest BCUT2D eigenvalue weighted by Crippen LogP contribution is -2.36. The molecule has 0 bridgehead atoms. The number of hydrogen-bond acceptors (Lipinski definition) is 15. The number of aromatic hydroxyl groups is 1. The number of anilines is 1. The number of nitrogens with zero attached hydrogens (tertiary/aromatic N) is 5. The van der Waals surface area contributed by atoms with Crippen LogP contribution in [0.3, 0.4) is 0 Å². The number of unbranched alkanes of at least 4 members (excludes halogenated alkanes) is 1. The third-order valence-corrected chi connectivity index (χ3v) is 17.3. The molecule has 0 atom stereocenters. The number of imidazole rings is 1. The van der Waals surface area contributed by atoms with E-state index < -0.39 is 46.9 Å². The van der Waals surface area contributed by atoms with E-state index in [1.54, 1.807) is 38.7 Å². The van der Waals surface area contributed by atoms with E-state index in [1.165, 1.54) is 28.7 Å². The minimum atomic E-state index is -4.56. The molecular formula is C56H65N7O14S3. The van der Waals surface area contributed by atoms with Crippen LogP contribution >= 0.6 is 0 Å². The first-order valence-electron chi connectivity index (χ1n) is 25.9. The molecule has 1 aliphatic carbocycles. The Morgan fingerprint density at radius 1 is 0.812 bits per heavy atom. The number of fused-ring (bicyclic) bond motifs is 3. The lowest BCUT2D eigenvalue weighted by molar-refractivity contribution is -0.438. The molecule has 2 aromatic heterocycles. The van der Waals surface area contributed by atoms with Gasteiger partial charge in [0.15, 0.2) is 11.4 Å². The van der Waals surface area contributed by atoms with Gasteiger partial charge < -0.3 is 34.7 Å². The number of ether oxygens (including phenoxy) is 2. The maximum atomic E-state index is 13.4. The van der Waals surface area contributed by atoms with Crippen LogP contribution in [0.25, 0.3) is 16.9 Å². The van der Waals surface area contributed by atoms with Crippen molar-refractivity contribution in [2.24, 2.45) is 0 Å². The van der Waals surface area contributed by atoms with Gasteiger partial charge in [-0.2, -0.15) is 21.4 Å². The van der Waals surface area contributed by atoms with Crippen molar-refractivity contribution < 1.29 is 67.7 Å². The molecule has 5 aromatic rings. The van der Waals surface area contributed by atoms with Gasteiger partial charge >= 0.3 is 0 Å². The lowest BCUT2D eigenvalue weighted by Gasteiger charge is -2.27. The Morgan fingerprint density at radius 2 is 1.48 bits per heavy atom. The maximum absolute atomic E-state index is 13.4. The van der Waals surface area contributed by atoms with Crippen LogP contribution in [0.15, 0.2) is 130 Å². The molecule has 4 heterocycles. The van der Waals surface area contributed by atoms with E-state index in [0.29, 0.717) is 76.9 Å². The van der Waals surface area contributed by atoms with Crippen LogP contribution in [0, 0.1) is 0 Å². The van der Waals surface area contributed by atoms with Gasteiger partial charge in [0.25, 0.3) is 20.2 Å². The molecule has 3 aromatic carbocycles. The summed E-state index contributed by atoms with van der Waals surface area (Å²) in [7, 11) is -10.4. The van der Waals surface area contributed by atoms with E-state index >= 15 is 0 Å². The molecule has 8 rings (SSSR count). The van der Waals surface area contributed by atoms with E-state index in [0.717, 1.165) is 34.5 Å². The van der Waals surface area contributed by atoms with Crippen molar-refractivity contribution in [3.63, 3.8) is 0 Å². The standard InChI is InChI=1S/C56H65N7O14S3/c1-55(2)42-32-40(79(70,71)72)18-21-46(42)61(29-7-8-31-78(67,68)69)48(55)23-14-37-10-9-11-38(53(37)77-6)15-24-49-56(3,4)43-33-41(80(73,74)75)19-22-47(43)62(49)30-26-52(65)58-28-27-57-51(64)25-20-44-54(66)63-35-45(59-34-50(63)60-44)36-12-16-39(76-5)17-13-36/h12-19,21-24,32-35H,7-11,20,25-31H2,1-6H3,(H5-,57,58,59,64,65,66,67,68,69,70,71,72,73,74,75). The molecule has 0 spiro atoms. The molecule has 426 valence electrons. The third kappa shape index (κ3) is 13.0. The zero-order chi connectivity index (χ0) is 58.0. The Balaban J connectivity index is 0.959. The highest BCUT2D eigenvalue weighted by Gasteiger charge is 2.45. The minimum absolute atomic E-state index is 0.0166. The zero-order valence-electron chi connectivity index (χ0n) is 45.2. The molecule has 2 aliphatic heterocycles. The van der Waals surface area contributed by atoms with Gasteiger partial charge in [-0.05, 0) is 123 Å². The predicted octanol–water partition coefficient (Wildman–Crippen LogP) is 6.81. The van der Waals surface area contributed by atoms with Gasteiger partial charge in [-0.15, -0.1) is 0 Å². The molecule has 0 fully saturated rings. The summed E-state index contributed by atoms with van der Waals surface area (Å²) in [5, 5.41) is 16.6. The summed E-state index contributed by atoms with van der Waals surface area (Å²) in [6, 6.07) is 16.0. The lowest BCUT2D eigenvalue weighted by atomic mass is 9.81. The normalized spacial score (nSPS) is 17.2. The number of carbonyl (C=O) groups excluding carboxylic acids is 2. The summed E-state index contributed by atoms with van der Waals surface area (Å²) in [4.78, 5) is 36.6. The van der Waals surface area contributed by atoms with Crippen LogP contribution < -0.4 is 20.3 Å². The molecule has 21 nitrogen and oxygen atoms in total. The molecule has 3 aliphatic rings. The average Bonchev–Trinajstić information content (AvgIpc) is 4.00. The second-order valence-electron chi connectivity index (χ2n) is 20.8.